The normalized spacial score (nSPS) is 19.0. The summed E-state index contributed by atoms with van der Waals surface area (Å²) in [5.41, 5.74) is 2.78. The van der Waals surface area contributed by atoms with Crippen LogP contribution in [-0.4, -0.2) is 20.5 Å². The largest absolute Gasteiger partial charge is 0.458 e. The average Bonchev–Trinajstić information content (AvgIpc) is 2.88. The molecule has 0 amide bonds. The van der Waals surface area contributed by atoms with Crippen LogP contribution < -0.4 is 4.72 Å². The quantitative estimate of drug-likeness (QED) is 0.319. The van der Waals surface area contributed by atoms with Gasteiger partial charge in [-0.3, -0.25) is 0 Å². The van der Waals surface area contributed by atoms with E-state index in [1.54, 1.807) is 48.5 Å². The minimum absolute atomic E-state index is 0.0595. The van der Waals surface area contributed by atoms with Crippen LogP contribution in [0.5, 0.6) is 0 Å². The third-order valence-electron chi connectivity index (χ3n) is 6.54. The highest BCUT2D eigenvalue weighted by Crippen LogP contribution is 2.36. The van der Waals surface area contributed by atoms with E-state index in [0.29, 0.717) is 5.56 Å². The predicted molar refractivity (Wildman–Crippen MR) is 137 cm³/mol. The van der Waals surface area contributed by atoms with Crippen molar-refractivity contribution in [2.45, 2.75) is 55.6 Å². The number of aryl methyl sites for hydroxylation is 1. The molecule has 182 valence electrons. The van der Waals surface area contributed by atoms with Gasteiger partial charge >= 0.3 is 5.97 Å². The van der Waals surface area contributed by atoms with Crippen LogP contribution in [0.4, 0.5) is 0 Å². The van der Waals surface area contributed by atoms with Crippen molar-refractivity contribution in [3.8, 4) is 0 Å². The van der Waals surface area contributed by atoms with Crippen molar-refractivity contribution in [2.24, 2.45) is 0 Å². The maximum Gasteiger partial charge on any atom is 0.335 e. The summed E-state index contributed by atoms with van der Waals surface area (Å²) in [6.07, 6.45) is 3.49. The molecule has 1 N–H and O–H groups in total. The summed E-state index contributed by atoms with van der Waals surface area (Å²) in [6, 6.07) is 24.7. The van der Waals surface area contributed by atoms with Gasteiger partial charge in [0.05, 0.1) is 16.5 Å². The second-order valence-electron chi connectivity index (χ2n) is 9.05. The Kier molecular flexibility index (Phi) is 7.83. The molecule has 0 unspecified atom stereocenters. The zero-order valence-electron chi connectivity index (χ0n) is 19.9. The second-order valence-corrected chi connectivity index (χ2v) is 10.8. The van der Waals surface area contributed by atoms with Gasteiger partial charge in [-0.25, -0.2) is 13.2 Å². The summed E-state index contributed by atoms with van der Waals surface area (Å²) >= 11 is 0. The third-order valence-corrected chi connectivity index (χ3v) is 7.98. The van der Waals surface area contributed by atoms with E-state index in [2.05, 4.69) is 23.4 Å². The molecule has 1 aliphatic rings. The number of hydrogen-bond acceptors (Lipinski definition) is 4. The highest BCUT2D eigenvalue weighted by molar-refractivity contribution is 7.89. The van der Waals surface area contributed by atoms with E-state index < -0.39 is 22.0 Å². The number of nitrogens with one attached hydrogen (secondary N) is 1. The predicted octanol–water partition coefficient (Wildman–Crippen LogP) is 5.84. The molecule has 0 bridgehead atoms. The van der Waals surface area contributed by atoms with Gasteiger partial charge in [0.2, 0.25) is 10.0 Å². The number of ether oxygens (including phenoxy) is 1. The Bertz CT molecular complexity index is 1260. The van der Waals surface area contributed by atoms with Gasteiger partial charge in [0.1, 0.15) is 6.10 Å². The Balaban J connectivity index is 1.57. The maximum absolute atomic E-state index is 13.3. The van der Waals surface area contributed by atoms with Crippen molar-refractivity contribution >= 4 is 16.0 Å². The first-order chi connectivity index (χ1) is 16.8. The lowest BCUT2D eigenvalue weighted by Crippen LogP contribution is -2.35. The van der Waals surface area contributed by atoms with Crippen molar-refractivity contribution in [2.75, 3.05) is 0 Å². The van der Waals surface area contributed by atoms with Gasteiger partial charge in [0.15, 0.2) is 0 Å². The lowest BCUT2D eigenvalue weighted by molar-refractivity contribution is -0.147. The number of benzene rings is 3. The number of esters is 1. The standard InChI is InChI=1S/C29H31NO4S/c1-21-17-19-25(20-18-21)35(32,33)30-28(24-13-7-4-8-14-24)22(2)29(31)34-27-16-10-9-15-26(27)23-11-5-3-6-12-23/h3-8,11-14,17-20,26-28,30H,2,9-10,15-16H2,1H3/t26-,27+,28+/m0/s1. The SMILES string of the molecule is C=C(C(=O)O[C@@H]1CCCC[C@H]1c1ccccc1)[C@@H](NS(=O)(=O)c1ccc(C)cc1)c1ccccc1. The number of carbonyl (C=O) groups is 1. The molecule has 6 heteroatoms. The molecule has 0 aromatic heterocycles. The number of hydrogen-bond donors (Lipinski definition) is 1. The van der Waals surface area contributed by atoms with Gasteiger partial charge in [-0.05, 0) is 49.4 Å². The Morgan fingerprint density at radius 3 is 2.17 bits per heavy atom. The highest BCUT2D eigenvalue weighted by atomic mass is 32.2. The monoisotopic (exact) mass is 489 g/mol. The van der Waals surface area contributed by atoms with Crippen LogP contribution in [-0.2, 0) is 19.6 Å². The summed E-state index contributed by atoms with van der Waals surface area (Å²) in [5.74, 6) is -0.473. The number of rotatable bonds is 8. The van der Waals surface area contributed by atoms with Gasteiger partial charge in [0.25, 0.3) is 0 Å². The molecule has 0 saturated heterocycles. The first kappa shape index (κ1) is 24.9. The lowest BCUT2D eigenvalue weighted by atomic mass is 9.81. The van der Waals surface area contributed by atoms with Crippen LogP contribution in [0, 0.1) is 6.92 Å². The maximum atomic E-state index is 13.3. The van der Waals surface area contributed by atoms with Crippen LogP contribution in [0.25, 0.3) is 0 Å². The highest BCUT2D eigenvalue weighted by Gasteiger charge is 2.33. The molecule has 5 nitrogen and oxygen atoms in total. The molecule has 35 heavy (non-hydrogen) atoms. The fraction of sp³-hybridized carbons (Fsp3) is 0.276. The second kappa shape index (κ2) is 11.0. The van der Waals surface area contributed by atoms with Gasteiger partial charge in [-0.2, -0.15) is 4.72 Å². The Hall–Kier alpha value is -3.22. The molecule has 0 radical (unpaired) electrons. The molecule has 3 atom stereocenters. The molecule has 1 saturated carbocycles. The first-order valence-electron chi connectivity index (χ1n) is 11.9. The zero-order chi connectivity index (χ0) is 24.8. The van der Waals surface area contributed by atoms with Crippen LogP contribution in [0.3, 0.4) is 0 Å². The molecule has 4 rings (SSSR count). The van der Waals surface area contributed by atoms with Gasteiger partial charge in [-0.15, -0.1) is 0 Å². The fourth-order valence-electron chi connectivity index (χ4n) is 4.58. The van der Waals surface area contributed by atoms with Crippen molar-refractivity contribution < 1.29 is 17.9 Å². The van der Waals surface area contributed by atoms with E-state index in [0.717, 1.165) is 36.8 Å². The van der Waals surface area contributed by atoms with E-state index in [9.17, 15) is 13.2 Å². The van der Waals surface area contributed by atoms with E-state index >= 15 is 0 Å². The molecule has 3 aromatic rings. The molecule has 0 aliphatic heterocycles. The smallest absolute Gasteiger partial charge is 0.335 e. The van der Waals surface area contributed by atoms with Crippen LogP contribution in [0.1, 0.15) is 54.3 Å². The van der Waals surface area contributed by atoms with Gasteiger partial charge < -0.3 is 4.74 Å². The molecule has 0 heterocycles. The van der Waals surface area contributed by atoms with Gasteiger partial charge in [0, 0.05) is 5.92 Å². The lowest BCUT2D eigenvalue weighted by Gasteiger charge is -2.32. The number of sulfonamides is 1. The molecule has 0 spiro atoms. The first-order valence-corrected chi connectivity index (χ1v) is 13.4. The van der Waals surface area contributed by atoms with Crippen molar-refractivity contribution in [3.63, 3.8) is 0 Å². The topological polar surface area (TPSA) is 72.5 Å². The molecular weight excluding hydrogens is 458 g/mol. The number of carbonyl (C=O) groups excluding carboxylic acids is 1. The van der Waals surface area contributed by atoms with E-state index in [1.165, 1.54) is 0 Å². The van der Waals surface area contributed by atoms with E-state index in [-0.39, 0.29) is 22.5 Å². The molecule has 1 aliphatic carbocycles. The van der Waals surface area contributed by atoms with Crippen molar-refractivity contribution in [1.29, 1.82) is 0 Å². The summed E-state index contributed by atoms with van der Waals surface area (Å²) in [5, 5.41) is 0. The van der Waals surface area contributed by atoms with E-state index in [1.807, 2.05) is 31.2 Å². The average molecular weight is 490 g/mol. The summed E-state index contributed by atoms with van der Waals surface area (Å²) in [6.45, 7) is 5.88. The van der Waals surface area contributed by atoms with Crippen molar-refractivity contribution in [3.05, 3.63) is 114 Å². The minimum Gasteiger partial charge on any atom is -0.458 e. The fourth-order valence-corrected chi connectivity index (χ4v) is 5.80. The van der Waals surface area contributed by atoms with E-state index in [4.69, 9.17) is 4.74 Å². The Morgan fingerprint density at radius 2 is 1.51 bits per heavy atom. The van der Waals surface area contributed by atoms with Gasteiger partial charge in [-0.1, -0.05) is 91.4 Å². The van der Waals surface area contributed by atoms with Crippen molar-refractivity contribution in [1.82, 2.24) is 4.72 Å². The zero-order valence-corrected chi connectivity index (χ0v) is 20.7. The minimum atomic E-state index is -3.91. The Labute approximate surface area is 207 Å². The summed E-state index contributed by atoms with van der Waals surface area (Å²) < 4.78 is 35.0. The molecule has 3 aromatic carbocycles. The summed E-state index contributed by atoms with van der Waals surface area (Å²) in [4.78, 5) is 13.4. The Morgan fingerprint density at radius 1 is 0.914 bits per heavy atom. The summed E-state index contributed by atoms with van der Waals surface area (Å²) in [7, 11) is -3.91. The third kappa shape index (κ3) is 6.08. The van der Waals surface area contributed by atoms with Crippen LogP contribution in [0.2, 0.25) is 0 Å². The molecule has 1 fully saturated rings. The van der Waals surface area contributed by atoms with Crippen LogP contribution in [0.15, 0.2) is 102 Å². The molecular formula is C29H31NO4S. The van der Waals surface area contributed by atoms with Crippen LogP contribution >= 0.6 is 0 Å².